The molecule has 4 heterocycles. The summed E-state index contributed by atoms with van der Waals surface area (Å²) in [6.07, 6.45) is 10.1. The van der Waals surface area contributed by atoms with Crippen molar-refractivity contribution in [1.29, 1.82) is 0 Å². The fourth-order valence-corrected chi connectivity index (χ4v) is 6.60. The second-order valence-corrected chi connectivity index (χ2v) is 12.0. The number of thiophene rings is 1. The van der Waals surface area contributed by atoms with E-state index in [0.29, 0.717) is 15.3 Å². The lowest BCUT2D eigenvalue weighted by molar-refractivity contribution is 0.884. The molecule has 0 saturated carbocycles. The molecule has 9 heteroatoms. The molecule has 0 unspecified atom stereocenters. The van der Waals surface area contributed by atoms with Crippen LogP contribution in [0.3, 0.4) is 0 Å². The zero-order chi connectivity index (χ0) is 26.6. The predicted octanol–water partition coefficient (Wildman–Crippen LogP) is 6.68. The van der Waals surface area contributed by atoms with Gasteiger partial charge in [-0.05, 0) is 66.1 Å². The first kappa shape index (κ1) is 25.5. The number of para-hydroxylation sites is 1. The second kappa shape index (κ2) is 11.5. The molecule has 0 radical (unpaired) electrons. The van der Waals surface area contributed by atoms with Crippen molar-refractivity contribution < 1.29 is 0 Å². The van der Waals surface area contributed by atoms with Crippen LogP contribution in [0.15, 0.2) is 88.0 Å². The van der Waals surface area contributed by atoms with Crippen LogP contribution >= 0.6 is 34.4 Å². The van der Waals surface area contributed by atoms with Crippen molar-refractivity contribution in [2.45, 2.75) is 24.7 Å². The van der Waals surface area contributed by atoms with Gasteiger partial charge in [0.05, 0.1) is 15.9 Å². The predicted molar refractivity (Wildman–Crippen MR) is 164 cm³/mol. The Hall–Kier alpha value is -3.79. The van der Waals surface area contributed by atoms with E-state index in [2.05, 4.69) is 41.3 Å². The summed E-state index contributed by atoms with van der Waals surface area (Å²) < 4.78 is 3.81. The van der Waals surface area contributed by atoms with Crippen LogP contribution in [0, 0.1) is 0 Å². The van der Waals surface area contributed by atoms with E-state index in [1.54, 1.807) is 11.3 Å². The van der Waals surface area contributed by atoms with E-state index in [1.807, 2.05) is 88.7 Å². The molecule has 0 spiro atoms. The first-order valence-corrected chi connectivity index (χ1v) is 15.4. The van der Waals surface area contributed by atoms with Crippen LogP contribution in [0.5, 0.6) is 0 Å². The fraction of sp³-hybridized carbons (Fsp3) is 0.133. The Balaban J connectivity index is 1.37. The SMILES string of the molecule is CCCCSc1ccc(-c2nn(-c3ccccc3)cc2/C=c2\sc3nc(/C=C/c4cccs4)nn3c2=O)cc1. The van der Waals surface area contributed by atoms with Crippen molar-refractivity contribution in [2.24, 2.45) is 0 Å². The Morgan fingerprint density at radius 1 is 0.974 bits per heavy atom. The molecule has 6 nitrogen and oxygen atoms in total. The van der Waals surface area contributed by atoms with Gasteiger partial charge in [0.2, 0.25) is 4.96 Å². The third kappa shape index (κ3) is 5.66. The number of rotatable bonds is 9. The summed E-state index contributed by atoms with van der Waals surface area (Å²) >= 11 is 4.85. The Bertz CT molecular complexity index is 1830. The number of thioether (sulfide) groups is 1. The Labute approximate surface area is 238 Å². The lowest BCUT2D eigenvalue weighted by atomic mass is 10.1. The fourth-order valence-electron chi connectivity index (χ4n) is 4.08. The van der Waals surface area contributed by atoms with Crippen molar-refractivity contribution in [2.75, 3.05) is 5.75 Å². The van der Waals surface area contributed by atoms with Gasteiger partial charge >= 0.3 is 0 Å². The molecule has 0 aliphatic heterocycles. The van der Waals surface area contributed by atoms with Gasteiger partial charge in [-0.1, -0.05) is 61.1 Å². The summed E-state index contributed by atoms with van der Waals surface area (Å²) in [5, 5.41) is 11.4. The number of aromatic nitrogens is 5. The molecule has 0 amide bonds. The Morgan fingerprint density at radius 2 is 1.82 bits per heavy atom. The summed E-state index contributed by atoms with van der Waals surface area (Å²) in [5.74, 6) is 1.64. The summed E-state index contributed by atoms with van der Waals surface area (Å²) in [6.45, 7) is 2.21. The molecule has 0 fully saturated rings. The lowest BCUT2D eigenvalue weighted by Gasteiger charge is -2.03. The molecule has 4 aromatic heterocycles. The molecular formula is C30H25N5OS3. The molecule has 0 saturated heterocycles. The van der Waals surface area contributed by atoms with E-state index in [1.165, 1.54) is 33.6 Å². The van der Waals surface area contributed by atoms with E-state index < -0.39 is 0 Å². The van der Waals surface area contributed by atoms with E-state index in [9.17, 15) is 4.79 Å². The maximum Gasteiger partial charge on any atom is 0.291 e. The quantitative estimate of drug-likeness (QED) is 0.144. The van der Waals surface area contributed by atoms with E-state index >= 15 is 0 Å². The summed E-state index contributed by atoms with van der Waals surface area (Å²) in [6, 6.07) is 22.5. The van der Waals surface area contributed by atoms with Crippen LogP contribution in [-0.2, 0) is 0 Å². The zero-order valence-electron chi connectivity index (χ0n) is 21.2. The van der Waals surface area contributed by atoms with Crippen molar-refractivity contribution in [3.8, 4) is 16.9 Å². The van der Waals surface area contributed by atoms with Gasteiger partial charge in [0.1, 0.15) is 0 Å². The van der Waals surface area contributed by atoms with E-state index in [-0.39, 0.29) is 5.56 Å². The molecule has 0 N–H and O–H groups in total. The highest BCUT2D eigenvalue weighted by atomic mass is 32.2. The third-order valence-corrected chi connectivity index (χ3v) is 8.98. The van der Waals surface area contributed by atoms with Gasteiger partial charge in [0.15, 0.2) is 5.82 Å². The van der Waals surface area contributed by atoms with E-state index in [4.69, 9.17) is 5.10 Å². The maximum absolute atomic E-state index is 13.3. The first-order chi connectivity index (χ1) is 19.2. The van der Waals surface area contributed by atoms with Crippen LogP contribution in [0.4, 0.5) is 0 Å². The van der Waals surface area contributed by atoms with Gasteiger partial charge in [-0.15, -0.1) is 28.2 Å². The number of fused-ring (bicyclic) bond motifs is 1. The van der Waals surface area contributed by atoms with E-state index in [0.717, 1.165) is 33.1 Å². The summed E-state index contributed by atoms with van der Waals surface area (Å²) in [5.41, 5.74) is 3.46. The monoisotopic (exact) mass is 567 g/mol. The minimum atomic E-state index is -0.181. The number of hydrogen-bond donors (Lipinski definition) is 0. The molecule has 0 bridgehead atoms. The summed E-state index contributed by atoms with van der Waals surface area (Å²) in [7, 11) is 0. The third-order valence-electron chi connectivity index (χ3n) is 6.08. The Kier molecular flexibility index (Phi) is 7.53. The lowest BCUT2D eigenvalue weighted by Crippen LogP contribution is -2.23. The zero-order valence-corrected chi connectivity index (χ0v) is 23.7. The standard InChI is InChI=1S/C30H25N5OS3/c1-2-3-17-37-25-13-11-21(12-14-25)28-22(20-34(33-28)23-8-5-4-6-9-23)19-26-29(36)35-30(39-26)31-27(32-35)16-15-24-10-7-18-38-24/h4-16,18-20H,2-3,17H2,1H3/b16-15+,26-19-. The highest BCUT2D eigenvalue weighted by molar-refractivity contribution is 7.99. The molecule has 6 aromatic rings. The van der Waals surface area contributed by atoms with Crippen molar-refractivity contribution in [3.05, 3.63) is 109 Å². The maximum atomic E-state index is 13.3. The minimum Gasteiger partial charge on any atom is -0.266 e. The van der Waals surface area contributed by atoms with Crippen LogP contribution < -0.4 is 10.1 Å². The highest BCUT2D eigenvalue weighted by Gasteiger charge is 2.14. The second-order valence-electron chi connectivity index (χ2n) is 8.87. The van der Waals surface area contributed by atoms with Crippen LogP contribution in [0.1, 0.15) is 36.0 Å². The van der Waals surface area contributed by atoms with Gasteiger partial charge in [-0.3, -0.25) is 4.79 Å². The van der Waals surface area contributed by atoms with Gasteiger partial charge in [-0.2, -0.15) is 14.6 Å². The minimum absolute atomic E-state index is 0.181. The molecule has 0 atom stereocenters. The van der Waals surface area contributed by atoms with Crippen molar-refractivity contribution in [3.63, 3.8) is 0 Å². The van der Waals surface area contributed by atoms with Gasteiger partial charge < -0.3 is 0 Å². The molecule has 194 valence electrons. The topological polar surface area (TPSA) is 65.1 Å². The van der Waals surface area contributed by atoms with Crippen LogP contribution in [0.25, 0.3) is 40.1 Å². The molecule has 0 aliphatic rings. The van der Waals surface area contributed by atoms with Gasteiger partial charge in [0, 0.05) is 27.1 Å². The number of unbranched alkanes of at least 4 members (excludes halogenated alkanes) is 1. The van der Waals surface area contributed by atoms with Crippen molar-refractivity contribution >= 4 is 57.6 Å². The largest absolute Gasteiger partial charge is 0.291 e. The van der Waals surface area contributed by atoms with Gasteiger partial charge in [-0.25, -0.2) is 4.68 Å². The smallest absolute Gasteiger partial charge is 0.266 e. The molecule has 39 heavy (non-hydrogen) atoms. The number of hydrogen-bond acceptors (Lipinski definition) is 7. The first-order valence-electron chi connectivity index (χ1n) is 12.7. The average Bonchev–Trinajstić information content (AvgIpc) is 3.76. The normalized spacial score (nSPS) is 12.3. The van der Waals surface area contributed by atoms with Crippen LogP contribution in [-0.4, -0.2) is 30.1 Å². The number of thiazole rings is 1. The molecular weight excluding hydrogens is 543 g/mol. The average molecular weight is 568 g/mol. The summed E-state index contributed by atoms with van der Waals surface area (Å²) in [4.78, 5) is 20.7. The molecule has 2 aromatic carbocycles. The highest BCUT2D eigenvalue weighted by Crippen LogP contribution is 2.28. The number of nitrogens with zero attached hydrogens (tertiary/aromatic N) is 5. The van der Waals surface area contributed by atoms with Gasteiger partial charge in [0.25, 0.3) is 5.56 Å². The van der Waals surface area contributed by atoms with Crippen molar-refractivity contribution in [1.82, 2.24) is 24.4 Å². The Morgan fingerprint density at radius 3 is 2.56 bits per heavy atom. The molecule has 0 aliphatic carbocycles. The molecule has 6 rings (SSSR count). The van der Waals surface area contributed by atoms with Crippen LogP contribution in [0.2, 0.25) is 0 Å². The number of benzene rings is 2.